The van der Waals surface area contributed by atoms with E-state index in [9.17, 15) is 4.79 Å². The van der Waals surface area contributed by atoms with Gasteiger partial charge in [0.2, 0.25) is 0 Å². The Morgan fingerprint density at radius 1 is 1.14 bits per heavy atom. The van der Waals surface area contributed by atoms with E-state index in [0.29, 0.717) is 32.9 Å². The van der Waals surface area contributed by atoms with Gasteiger partial charge in [-0.1, -0.05) is 28.4 Å². The number of carbonyl (C=O) groups excluding carboxylic acids is 1. The Balaban J connectivity index is 1.93. The molecule has 4 nitrogen and oxygen atoms in total. The Kier molecular flexibility index (Phi) is 3.57. The molecule has 0 unspecified atom stereocenters. The SMILES string of the molecule is CC1=NOC(=O)C1=Cc1ccc(-c2ccc(Cl)c(Cl)c2)o1. The highest BCUT2D eigenvalue weighted by Gasteiger charge is 2.22. The molecule has 1 aliphatic rings. The highest BCUT2D eigenvalue weighted by atomic mass is 35.5. The van der Waals surface area contributed by atoms with Crippen molar-refractivity contribution in [2.24, 2.45) is 5.16 Å². The number of halogens is 2. The Labute approximate surface area is 130 Å². The Morgan fingerprint density at radius 2 is 1.95 bits per heavy atom. The van der Waals surface area contributed by atoms with Gasteiger partial charge in [-0.2, -0.15) is 0 Å². The number of oxime groups is 1. The van der Waals surface area contributed by atoms with Crippen molar-refractivity contribution >= 4 is 41.0 Å². The molecule has 0 saturated carbocycles. The molecule has 0 N–H and O–H groups in total. The van der Waals surface area contributed by atoms with Crippen LogP contribution in [0.5, 0.6) is 0 Å². The van der Waals surface area contributed by atoms with Gasteiger partial charge in [-0.15, -0.1) is 0 Å². The van der Waals surface area contributed by atoms with Crippen molar-refractivity contribution in [3.05, 3.63) is 51.7 Å². The largest absolute Gasteiger partial charge is 0.457 e. The molecule has 0 saturated heterocycles. The smallest absolute Gasteiger partial charge is 0.367 e. The van der Waals surface area contributed by atoms with Crippen LogP contribution >= 0.6 is 23.2 Å². The van der Waals surface area contributed by atoms with Gasteiger partial charge in [0.05, 0.1) is 21.3 Å². The molecule has 1 aromatic carbocycles. The first-order chi connectivity index (χ1) is 10.0. The van der Waals surface area contributed by atoms with Crippen LogP contribution in [-0.2, 0) is 9.63 Å². The molecule has 0 spiro atoms. The molecule has 0 atom stereocenters. The third-order valence-electron chi connectivity index (χ3n) is 2.99. The van der Waals surface area contributed by atoms with E-state index < -0.39 is 5.97 Å². The summed E-state index contributed by atoms with van der Waals surface area (Å²) in [6.45, 7) is 1.69. The second-order valence-electron chi connectivity index (χ2n) is 4.44. The summed E-state index contributed by atoms with van der Waals surface area (Å²) in [7, 11) is 0. The van der Waals surface area contributed by atoms with Gasteiger partial charge in [0.25, 0.3) is 0 Å². The monoisotopic (exact) mass is 321 g/mol. The van der Waals surface area contributed by atoms with Gasteiger partial charge in [-0.25, -0.2) is 4.79 Å². The highest BCUT2D eigenvalue weighted by Crippen LogP contribution is 2.30. The molecule has 0 radical (unpaired) electrons. The third kappa shape index (κ3) is 2.73. The summed E-state index contributed by atoms with van der Waals surface area (Å²) < 4.78 is 5.68. The molecule has 0 aliphatic carbocycles. The van der Waals surface area contributed by atoms with Gasteiger partial charge in [0.1, 0.15) is 11.5 Å². The highest BCUT2D eigenvalue weighted by molar-refractivity contribution is 6.42. The number of hydrogen-bond acceptors (Lipinski definition) is 4. The van der Waals surface area contributed by atoms with Crippen LogP contribution in [0.1, 0.15) is 12.7 Å². The maximum absolute atomic E-state index is 11.5. The van der Waals surface area contributed by atoms with Crippen LogP contribution in [0.2, 0.25) is 10.0 Å². The molecule has 1 aromatic heterocycles. The molecule has 0 bridgehead atoms. The number of carbonyl (C=O) groups is 1. The van der Waals surface area contributed by atoms with Crippen LogP contribution < -0.4 is 0 Å². The fraction of sp³-hybridized carbons (Fsp3) is 0.0667. The van der Waals surface area contributed by atoms with E-state index in [1.807, 2.05) is 0 Å². The van der Waals surface area contributed by atoms with Crippen molar-refractivity contribution in [1.82, 2.24) is 0 Å². The first-order valence-corrected chi connectivity index (χ1v) is 6.83. The van der Waals surface area contributed by atoms with Gasteiger partial charge in [-0.05, 0) is 43.3 Å². The Bertz CT molecular complexity index is 790. The zero-order valence-electron chi connectivity index (χ0n) is 10.9. The number of nitrogens with zero attached hydrogens (tertiary/aromatic N) is 1. The molecule has 2 aromatic rings. The maximum Gasteiger partial charge on any atom is 0.367 e. The molecule has 0 fully saturated rings. The first-order valence-electron chi connectivity index (χ1n) is 6.08. The molecular weight excluding hydrogens is 313 g/mol. The van der Waals surface area contributed by atoms with Crippen molar-refractivity contribution in [3.63, 3.8) is 0 Å². The minimum absolute atomic E-state index is 0.380. The molecular formula is C15H9Cl2NO3. The fourth-order valence-electron chi connectivity index (χ4n) is 1.90. The van der Waals surface area contributed by atoms with Crippen LogP contribution in [0.25, 0.3) is 17.4 Å². The van der Waals surface area contributed by atoms with Crippen molar-refractivity contribution in [2.45, 2.75) is 6.92 Å². The number of rotatable bonds is 2. The predicted octanol–water partition coefficient (Wildman–Crippen LogP) is 4.57. The van der Waals surface area contributed by atoms with Crippen LogP contribution in [0.15, 0.2) is 45.5 Å². The summed E-state index contributed by atoms with van der Waals surface area (Å²) in [5.41, 5.74) is 1.70. The van der Waals surface area contributed by atoms with Crippen LogP contribution in [0, 0.1) is 0 Å². The predicted molar refractivity (Wildman–Crippen MR) is 81.3 cm³/mol. The summed E-state index contributed by atoms with van der Waals surface area (Å²) in [4.78, 5) is 16.0. The Hall–Kier alpha value is -2.04. The first kappa shape index (κ1) is 13.9. The number of hydrogen-bond donors (Lipinski definition) is 0. The van der Waals surface area contributed by atoms with E-state index in [4.69, 9.17) is 27.6 Å². The fourth-order valence-corrected chi connectivity index (χ4v) is 2.19. The van der Waals surface area contributed by atoms with Gasteiger partial charge in [0, 0.05) is 5.56 Å². The van der Waals surface area contributed by atoms with Crippen LogP contribution in [-0.4, -0.2) is 11.7 Å². The number of furan rings is 1. The third-order valence-corrected chi connectivity index (χ3v) is 3.73. The lowest BCUT2D eigenvalue weighted by atomic mass is 10.1. The van der Waals surface area contributed by atoms with E-state index in [1.54, 1.807) is 43.3 Å². The van der Waals surface area contributed by atoms with Crippen LogP contribution in [0.4, 0.5) is 0 Å². The van der Waals surface area contributed by atoms with Gasteiger partial charge in [0.15, 0.2) is 0 Å². The molecule has 1 aliphatic heterocycles. The van der Waals surface area contributed by atoms with Crippen molar-refractivity contribution in [2.75, 3.05) is 0 Å². The summed E-state index contributed by atoms with van der Waals surface area (Å²) >= 11 is 11.9. The van der Waals surface area contributed by atoms with E-state index >= 15 is 0 Å². The summed E-state index contributed by atoms with van der Waals surface area (Å²) in [5, 5.41) is 4.54. The standard InChI is InChI=1S/C15H9Cl2NO3/c1-8-11(15(19)21-18-8)7-10-3-5-14(20-10)9-2-4-12(16)13(17)6-9/h2-7H,1H3. The number of benzene rings is 1. The van der Waals surface area contributed by atoms with Crippen molar-refractivity contribution < 1.29 is 14.0 Å². The lowest BCUT2D eigenvalue weighted by Gasteiger charge is -1.99. The quantitative estimate of drug-likeness (QED) is 0.601. The normalized spacial score (nSPS) is 16.2. The average molecular weight is 322 g/mol. The van der Waals surface area contributed by atoms with Gasteiger partial charge < -0.3 is 9.25 Å². The zero-order chi connectivity index (χ0) is 15.0. The van der Waals surface area contributed by atoms with E-state index in [1.165, 1.54) is 0 Å². The second-order valence-corrected chi connectivity index (χ2v) is 5.26. The lowest BCUT2D eigenvalue weighted by molar-refractivity contribution is -0.136. The van der Waals surface area contributed by atoms with Crippen molar-refractivity contribution in [1.29, 1.82) is 0 Å². The van der Waals surface area contributed by atoms with E-state index in [0.717, 1.165) is 5.56 Å². The molecule has 106 valence electrons. The van der Waals surface area contributed by atoms with Gasteiger partial charge >= 0.3 is 5.97 Å². The molecule has 0 amide bonds. The summed E-state index contributed by atoms with van der Waals surface area (Å²) in [5.74, 6) is 0.667. The zero-order valence-corrected chi connectivity index (χ0v) is 12.4. The van der Waals surface area contributed by atoms with Gasteiger partial charge in [-0.3, -0.25) is 0 Å². The topological polar surface area (TPSA) is 51.8 Å². The Morgan fingerprint density at radius 3 is 2.62 bits per heavy atom. The van der Waals surface area contributed by atoms with E-state index in [2.05, 4.69) is 9.99 Å². The maximum atomic E-state index is 11.5. The molecule has 3 rings (SSSR count). The lowest BCUT2D eigenvalue weighted by Crippen LogP contribution is -2.01. The minimum atomic E-state index is -0.486. The van der Waals surface area contributed by atoms with E-state index in [-0.39, 0.29) is 0 Å². The molecule has 6 heteroatoms. The average Bonchev–Trinajstić information content (AvgIpc) is 3.04. The summed E-state index contributed by atoms with van der Waals surface area (Å²) in [6.07, 6.45) is 1.59. The molecule has 21 heavy (non-hydrogen) atoms. The molecule has 2 heterocycles. The second kappa shape index (κ2) is 5.39. The van der Waals surface area contributed by atoms with Crippen LogP contribution in [0.3, 0.4) is 0 Å². The summed E-state index contributed by atoms with van der Waals surface area (Å²) in [6, 6.07) is 8.77. The van der Waals surface area contributed by atoms with Crippen molar-refractivity contribution in [3.8, 4) is 11.3 Å². The minimum Gasteiger partial charge on any atom is -0.457 e.